The van der Waals surface area contributed by atoms with Gasteiger partial charge in [0.05, 0.1) is 13.1 Å². The molecular formula is C16H16N2. The van der Waals surface area contributed by atoms with Crippen molar-refractivity contribution in [3.8, 4) is 0 Å². The molecule has 0 spiro atoms. The van der Waals surface area contributed by atoms with Crippen molar-refractivity contribution in [2.45, 2.75) is 0 Å². The van der Waals surface area contributed by atoms with Gasteiger partial charge in [0.15, 0.2) is 0 Å². The molecule has 0 aromatic heterocycles. The Bertz CT molecular complexity index is 452. The molecule has 2 nitrogen and oxygen atoms in total. The van der Waals surface area contributed by atoms with Crippen molar-refractivity contribution in [2.24, 2.45) is 9.98 Å². The van der Waals surface area contributed by atoms with E-state index in [1.54, 1.807) is 0 Å². The van der Waals surface area contributed by atoms with Gasteiger partial charge in [0, 0.05) is 12.4 Å². The Hall–Kier alpha value is -2.22. The summed E-state index contributed by atoms with van der Waals surface area (Å²) in [6, 6.07) is 20.2. The molecule has 0 aliphatic rings. The van der Waals surface area contributed by atoms with Crippen molar-refractivity contribution >= 4 is 12.4 Å². The van der Waals surface area contributed by atoms with Crippen molar-refractivity contribution in [3.63, 3.8) is 0 Å². The summed E-state index contributed by atoms with van der Waals surface area (Å²) in [6.07, 6.45) is 3.77. The minimum absolute atomic E-state index is 0.720. The molecule has 0 unspecified atom stereocenters. The predicted octanol–water partition coefficient (Wildman–Crippen LogP) is 3.22. The fourth-order valence-electron chi connectivity index (χ4n) is 1.53. The van der Waals surface area contributed by atoms with Crippen LogP contribution in [0.15, 0.2) is 70.6 Å². The van der Waals surface area contributed by atoms with Gasteiger partial charge in [-0.25, -0.2) is 0 Å². The highest BCUT2D eigenvalue weighted by molar-refractivity contribution is 5.80. The van der Waals surface area contributed by atoms with Crippen LogP contribution in [0.4, 0.5) is 0 Å². The molecule has 90 valence electrons. The molecule has 2 aromatic carbocycles. The molecule has 0 fully saturated rings. The number of aliphatic imine (C=N–C) groups is 2. The third-order valence-corrected chi connectivity index (χ3v) is 2.44. The van der Waals surface area contributed by atoms with E-state index in [2.05, 4.69) is 9.98 Å². The third-order valence-electron chi connectivity index (χ3n) is 2.44. The van der Waals surface area contributed by atoms with Crippen LogP contribution >= 0.6 is 0 Å². The highest BCUT2D eigenvalue weighted by Gasteiger charge is 1.84. The molecule has 2 heteroatoms. The van der Waals surface area contributed by atoms with E-state index >= 15 is 0 Å². The zero-order valence-electron chi connectivity index (χ0n) is 10.2. The van der Waals surface area contributed by atoms with E-state index in [1.165, 1.54) is 0 Å². The Balaban J connectivity index is 1.73. The first kappa shape index (κ1) is 12.2. The van der Waals surface area contributed by atoms with Crippen molar-refractivity contribution < 1.29 is 0 Å². The predicted molar refractivity (Wildman–Crippen MR) is 77.8 cm³/mol. The Kier molecular flexibility index (Phi) is 4.88. The molecule has 0 saturated heterocycles. The average molecular weight is 236 g/mol. The fraction of sp³-hybridized carbons (Fsp3) is 0.125. The van der Waals surface area contributed by atoms with E-state index in [0.717, 1.165) is 24.2 Å². The molecule has 0 amide bonds. The van der Waals surface area contributed by atoms with E-state index < -0.39 is 0 Å². The van der Waals surface area contributed by atoms with Crippen LogP contribution in [0.5, 0.6) is 0 Å². The summed E-state index contributed by atoms with van der Waals surface area (Å²) < 4.78 is 0. The van der Waals surface area contributed by atoms with Crippen LogP contribution in [0.1, 0.15) is 11.1 Å². The average Bonchev–Trinajstić information content (AvgIpc) is 2.45. The zero-order valence-corrected chi connectivity index (χ0v) is 10.2. The first-order valence-electron chi connectivity index (χ1n) is 6.05. The van der Waals surface area contributed by atoms with E-state index in [1.807, 2.05) is 73.1 Å². The maximum Gasteiger partial charge on any atom is 0.0585 e. The van der Waals surface area contributed by atoms with Crippen LogP contribution in [0.3, 0.4) is 0 Å². The highest BCUT2D eigenvalue weighted by Crippen LogP contribution is 1.95. The molecule has 2 rings (SSSR count). The number of rotatable bonds is 5. The van der Waals surface area contributed by atoms with Crippen molar-refractivity contribution in [3.05, 3.63) is 71.8 Å². The maximum absolute atomic E-state index is 4.33. The van der Waals surface area contributed by atoms with Gasteiger partial charge >= 0.3 is 0 Å². The lowest BCUT2D eigenvalue weighted by atomic mass is 10.2. The summed E-state index contributed by atoms with van der Waals surface area (Å²) in [4.78, 5) is 8.67. The van der Waals surface area contributed by atoms with E-state index in [-0.39, 0.29) is 0 Å². The van der Waals surface area contributed by atoms with Gasteiger partial charge in [0.1, 0.15) is 0 Å². The molecule has 18 heavy (non-hydrogen) atoms. The smallest absolute Gasteiger partial charge is 0.0585 e. The summed E-state index contributed by atoms with van der Waals surface area (Å²) >= 11 is 0. The number of benzene rings is 2. The number of hydrogen-bond acceptors (Lipinski definition) is 2. The Morgan fingerprint density at radius 2 is 1.00 bits per heavy atom. The molecule has 0 saturated carbocycles. The summed E-state index contributed by atoms with van der Waals surface area (Å²) in [5.41, 5.74) is 2.26. The third kappa shape index (κ3) is 4.34. The lowest BCUT2D eigenvalue weighted by Gasteiger charge is -1.92. The molecule has 0 atom stereocenters. The van der Waals surface area contributed by atoms with Crippen LogP contribution in [0.25, 0.3) is 0 Å². The minimum Gasteiger partial charge on any atom is -0.291 e. The summed E-state index contributed by atoms with van der Waals surface area (Å²) in [5.74, 6) is 0. The normalized spacial score (nSPS) is 11.3. The van der Waals surface area contributed by atoms with Crippen molar-refractivity contribution in [1.29, 1.82) is 0 Å². The summed E-state index contributed by atoms with van der Waals surface area (Å²) in [5, 5.41) is 0. The van der Waals surface area contributed by atoms with E-state index in [4.69, 9.17) is 0 Å². The molecule has 2 aromatic rings. The molecule has 0 aliphatic carbocycles. The Morgan fingerprint density at radius 3 is 1.39 bits per heavy atom. The quantitative estimate of drug-likeness (QED) is 0.562. The molecule has 0 heterocycles. The number of nitrogens with zero attached hydrogens (tertiary/aromatic N) is 2. The van der Waals surface area contributed by atoms with Crippen LogP contribution in [-0.4, -0.2) is 25.5 Å². The largest absolute Gasteiger partial charge is 0.291 e. The first-order valence-corrected chi connectivity index (χ1v) is 6.05. The van der Waals surface area contributed by atoms with Gasteiger partial charge in [-0.05, 0) is 11.1 Å². The Morgan fingerprint density at radius 1 is 0.611 bits per heavy atom. The molecule has 0 N–H and O–H groups in total. The Labute approximate surface area is 108 Å². The first-order chi connectivity index (χ1) is 8.95. The second-order valence-corrected chi connectivity index (χ2v) is 3.89. The van der Waals surface area contributed by atoms with Crippen molar-refractivity contribution in [1.82, 2.24) is 0 Å². The minimum atomic E-state index is 0.720. The van der Waals surface area contributed by atoms with E-state index in [0.29, 0.717) is 0 Å². The van der Waals surface area contributed by atoms with Gasteiger partial charge < -0.3 is 0 Å². The summed E-state index contributed by atoms with van der Waals surface area (Å²) in [6.45, 7) is 1.44. The number of hydrogen-bond donors (Lipinski definition) is 0. The summed E-state index contributed by atoms with van der Waals surface area (Å²) in [7, 11) is 0. The lowest BCUT2D eigenvalue weighted by Crippen LogP contribution is -1.90. The standard InChI is InChI=1S/C16H16N2/c1-3-7-15(8-4-1)13-17-11-12-18-14-16-9-5-2-6-10-16/h1-10,13-14H,11-12H2. The SMILES string of the molecule is C(=NCCN=Cc1ccccc1)c1ccccc1. The van der Waals surface area contributed by atoms with Gasteiger partial charge in [-0.2, -0.15) is 0 Å². The van der Waals surface area contributed by atoms with Crippen LogP contribution < -0.4 is 0 Å². The monoisotopic (exact) mass is 236 g/mol. The lowest BCUT2D eigenvalue weighted by molar-refractivity contribution is 0.985. The van der Waals surface area contributed by atoms with Gasteiger partial charge in [-0.3, -0.25) is 9.98 Å². The molecule has 0 bridgehead atoms. The second-order valence-electron chi connectivity index (χ2n) is 3.89. The van der Waals surface area contributed by atoms with Crippen LogP contribution in [0.2, 0.25) is 0 Å². The van der Waals surface area contributed by atoms with Crippen LogP contribution in [0, 0.1) is 0 Å². The second kappa shape index (κ2) is 7.17. The highest BCUT2D eigenvalue weighted by atomic mass is 14.8. The molecule has 0 aliphatic heterocycles. The molecular weight excluding hydrogens is 220 g/mol. The maximum atomic E-state index is 4.33. The topological polar surface area (TPSA) is 24.7 Å². The van der Waals surface area contributed by atoms with Gasteiger partial charge in [-0.1, -0.05) is 60.7 Å². The van der Waals surface area contributed by atoms with E-state index in [9.17, 15) is 0 Å². The van der Waals surface area contributed by atoms with Gasteiger partial charge in [0.2, 0.25) is 0 Å². The van der Waals surface area contributed by atoms with Gasteiger partial charge in [-0.15, -0.1) is 0 Å². The van der Waals surface area contributed by atoms with Crippen molar-refractivity contribution in [2.75, 3.05) is 13.1 Å². The molecule has 0 radical (unpaired) electrons. The zero-order chi connectivity index (χ0) is 12.5. The van der Waals surface area contributed by atoms with Gasteiger partial charge in [0.25, 0.3) is 0 Å². The fourth-order valence-corrected chi connectivity index (χ4v) is 1.53. The van der Waals surface area contributed by atoms with Crippen LogP contribution in [-0.2, 0) is 0 Å².